The summed E-state index contributed by atoms with van der Waals surface area (Å²) in [5, 5.41) is 0. The van der Waals surface area contributed by atoms with Gasteiger partial charge in [-0.3, -0.25) is 4.79 Å². The van der Waals surface area contributed by atoms with Crippen LogP contribution in [0.4, 0.5) is 13.2 Å². The summed E-state index contributed by atoms with van der Waals surface area (Å²) < 4.78 is 39.5. The standard InChI is InChI=1S/C9H14F3NO3/c1-2-3-4-5-6(7(13)14)16-8(15)9(10,11)12/h6H,2-5H2,1H3,(H2,13,14). The molecule has 0 aromatic heterocycles. The number of amides is 1. The van der Waals surface area contributed by atoms with Gasteiger partial charge in [0.15, 0.2) is 6.10 Å². The molecule has 0 aromatic rings. The zero-order chi connectivity index (χ0) is 12.8. The number of hydrogen-bond acceptors (Lipinski definition) is 3. The summed E-state index contributed by atoms with van der Waals surface area (Å²) in [7, 11) is 0. The normalized spacial score (nSPS) is 13.2. The lowest BCUT2D eigenvalue weighted by molar-refractivity contribution is -0.205. The molecule has 0 aliphatic rings. The van der Waals surface area contributed by atoms with Gasteiger partial charge in [-0.05, 0) is 12.8 Å². The Morgan fingerprint density at radius 3 is 2.25 bits per heavy atom. The van der Waals surface area contributed by atoms with E-state index in [4.69, 9.17) is 5.73 Å². The molecule has 0 aliphatic heterocycles. The van der Waals surface area contributed by atoms with Gasteiger partial charge < -0.3 is 10.5 Å². The molecule has 0 saturated heterocycles. The number of rotatable bonds is 6. The topological polar surface area (TPSA) is 69.4 Å². The molecule has 1 unspecified atom stereocenters. The minimum Gasteiger partial charge on any atom is -0.446 e. The second kappa shape index (κ2) is 6.34. The number of hydrogen-bond donors (Lipinski definition) is 1. The lowest BCUT2D eigenvalue weighted by Crippen LogP contribution is -2.37. The van der Waals surface area contributed by atoms with Gasteiger partial charge >= 0.3 is 12.1 Å². The van der Waals surface area contributed by atoms with E-state index in [1.165, 1.54) is 0 Å². The van der Waals surface area contributed by atoms with E-state index in [9.17, 15) is 22.8 Å². The summed E-state index contributed by atoms with van der Waals surface area (Å²) in [5.74, 6) is -3.44. The number of halogens is 3. The molecule has 0 aromatic carbocycles. The SMILES string of the molecule is CCCCCC(OC(=O)C(F)(F)F)C(N)=O. The second-order valence-electron chi connectivity index (χ2n) is 3.29. The Bertz CT molecular complexity index is 253. The number of esters is 1. The molecule has 94 valence electrons. The van der Waals surface area contributed by atoms with Crippen LogP contribution in [-0.2, 0) is 14.3 Å². The van der Waals surface area contributed by atoms with E-state index in [2.05, 4.69) is 4.74 Å². The molecule has 0 rings (SSSR count). The summed E-state index contributed by atoms with van der Waals surface area (Å²) in [6, 6.07) is 0. The van der Waals surface area contributed by atoms with E-state index in [1.807, 2.05) is 6.92 Å². The van der Waals surface area contributed by atoms with Gasteiger partial charge in [0.05, 0.1) is 0 Å². The molecule has 7 heteroatoms. The van der Waals surface area contributed by atoms with Crippen molar-refractivity contribution in [3.8, 4) is 0 Å². The monoisotopic (exact) mass is 241 g/mol. The van der Waals surface area contributed by atoms with Crippen LogP contribution >= 0.6 is 0 Å². The molecule has 4 nitrogen and oxygen atoms in total. The predicted octanol–water partition coefficient (Wildman–Crippen LogP) is 1.53. The van der Waals surface area contributed by atoms with Crippen molar-refractivity contribution >= 4 is 11.9 Å². The van der Waals surface area contributed by atoms with Gasteiger partial charge in [-0.2, -0.15) is 13.2 Å². The van der Waals surface area contributed by atoms with Crippen molar-refractivity contribution in [3.63, 3.8) is 0 Å². The summed E-state index contributed by atoms with van der Waals surface area (Å²) in [5.41, 5.74) is 4.83. The third-order valence-corrected chi connectivity index (χ3v) is 1.87. The van der Waals surface area contributed by atoms with Gasteiger partial charge in [-0.1, -0.05) is 19.8 Å². The van der Waals surface area contributed by atoms with E-state index in [0.29, 0.717) is 6.42 Å². The smallest absolute Gasteiger partial charge is 0.446 e. The van der Waals surface area contributed by atoms with Crippen molar-refractivity contribution in [1.29, 1.82) is 0 Å². The average molecular weight is 241 g/mol. The molecule has 0 bridgehead atoms. The zero-order valence-corrected chi connectivity index (χ0v) is 8.84. The van der Waals surface area contributed by atoms with E-state index in [-0.39, 0.29) is 6.42 Å². The first-order valence-corrected chi connectivity index (χ1v) is 4.86. The summed E-state index contributed by atoms with van der Waals surface area (Å²) in [6.07, 6.45) is -4.54. The Morgan fingerprint density at radius 1 is 1.31 bits per heavy atom. The molecule has 1 atom stereocenters. The number of ether oxygens (including phenoxy) is 1. The fourth-order valence-corrected chi connectivity index (χ4v) is 1.04. The average Bonchev–Trinajstić information content (AvgIpc) is 2.14. The minimum absolute atomic E-state index is 0.0188. The maximum absolute atomic E-state index is 11.8. The molecule has 0 saturated carbocycles. The Labute approximate surface area is 90.9 Å². The number of carbonyl (C=O) groups excluding carboxylic acids is 2. The van der Waals surface area contributed by atoms with Gasteiger partial charge in [-0.25, -0.2) is 4.79 Å². The molecule has 0 aliphatic carbocycles. The van der Waals surface area contributed by atoms with Crippen LogP contribution in [0.15, 0.2) is 0 Å². The van der Waals surface area contributed by atoms with Crippen molar-refractivity contribution in [3.05, 3.63) is 0 Å². The lowest BCUT2D eigenvalue weighted by Gasteiger charge is -2.15. The molecular formula is C9H14F3NO3. The highest BCUT2D eigenvalue weighted by Crippen LogP contribution is 2.19. The molecule has 0 radical (unpaired) electrons. The van der Waals surface area contributed by atoms with Crippen molar-refractivity contribution in [2.45, 2.75) is 44.9 Å². The molecule has 1 amide bonds. The van der Waals surface area contributed by atoms with Crippen LogP contribution in [0, 0.1) is 0 Å². The zero-order valence-electron chi connectivity index (χ0n) is 8.84. The van der Waals surface area contributed by atoms with Gasteiger partial charge in [0.2, 0.25) is 0 Å². The number of nitrogens with two attached hydrogens (primary N) is 1. The molecule has 2 N–H and O–H groups in total. The van der Waals surface area contributed by atoms with Crippen molar-refractivity contribution in [2.24, 2.45) is 5.73 Å². The fraction of sp³-hybridized carbons (Fsp3) is 0.778. The maximum atomic E-state index is 11.8. The van der Waals surface area contributed by atoms with Crippen LogP contribution in [0.2, 0.25) is 0 Å². The van der Waals surface area contributed by atoms with E-state index >= 15 is 0 Å². The minimum atomic E-state index is -5.10. The van der Waals surface area contributed by atoms with Crippen LogP contribution in [0.25, 0.3) is 0 Å². The third-order valence-electron chi connectivity index (χ3n) is 1.87. The first kappa shape index (κ1) is 14.7. The molecule has 0 heterocycles. The summed E-state index contributed by atoms with van der Waals surface area (Å²) in [6.45, 7) is 1.89. The molecular weight excluding hydrogens is 227 g/mol. The molecule has 0 spiro atoms. The number of alkyl halides is 3. The molecule has 16 heavy (non-hydrogen) atoms. The van der Waals surface area contributed by atoms with Gasteiger partial charge in [0, 0.05) is 0 Å². The van der Waals surface area contributed by atoms with Crippen LogP contribution in [0.3, 0.4) is 0 Å². The van der Waals surface area contributed by atoms with Crippen molar-refractivity contribution < 1.29 is 27.5 Å². The Hall–Kier alpha value is -1.27. The number of unbranched alkanes of at least 4 members (excludes halogenated alkanes) is 2. The van der Waals surface area contributed by atoms with Crippen molar-refractivity contribution in [1.82, 2.24) is 0 Å². The highest BCUT2D eigenvalue weighted by molar-refractivity contribution is 5.83. The van der Waals surface area contributed by atoms with Crippen LogP contribution in [0.5, 0.6) is 0 Å². The lowest BCUT2D eigenvalue weighted by atomic mass is 10.1. The molecule has 0 fully saturated rings. The largest absolute Gasteiger partial charge is 0.490 e. The Morgan fingerprint density at radius 2 is 1.88 bits per heavy atom. The first-order chi connectivity index (χ1) is 7.29. The number of carbonyl (C=O) groups is 2. The second-order valence-corrected chi connectivity index (χ2v) is 3.29. The van der Waals surface area contributed by atoms with Crippen LogP contribution < -0.4 is 5.73 Å². The van der Waals surface area contributed by atoms with Crippen molar-refractivity contribution in [2.75, 3.05) is 0 Å². The fourth-order valence-electron chi connectivity index (χ4n) is 1.04. The van der Waals surface area contributed by atoms with Crippen LogP contribution in [-0.4, -0.2) is 24.2 Å². The maximum Gasteiger partial charge on any atom is 0.490 e. The first-order valence-electron chi connectivity index (χ1n) is 4.86. The predicted molar refractivity (Wildman–Crippen MR) is 49.3 cm³/mol. The van der Waals surface area contributed by atoms with E-state index in [0.717, 1.165) is 12.8 Å². The quantitative estimate of drug-likeness (QED) is 0.566. The van der Waals surface area contributed by atoms with Gasteiger partial charge in [-0.15, -0.1) is 0 Å². The number of primary amides is 1. The summed E-state index contributed by atoms with van der Waals surface area (Å²) in [4.78, 5) is 21.2. The van der Waals surface area contributed by atoms with E-state index < -0.39 is 24.2 Å². The Balaban J connectivity index is 4.24. The van der Waals surface area contributed by atoms with E-state index in [1.54, 1.807) is 0 Å². The Kier molecular flexibility index (Phi) is 5.84. The third kappa shape index (κ3) is 5.57. The highest BCUT2D eigenvalue weighted by Gasteiger charge is 2.42. The van der Waals surface area contributed by atoms with Gasteiger partial charge in [0.1, 0.15) is 0 Å². The van der Waals surface area contributed by atoms with Crippen LogP contribution in [0.1, 0.15) is 32.6 Å². The summed E-state index contributed by atoms with van der Waals surface area (Å²) >= 11 is 0. The highest BCUT2D eigenvalue weighted by atomic mass is 19.4. The van der Waals surface area contributed by atoms with Gasteiger partial charge in [0.25, 0.3) is 5.91 Å².